The van der Waals surface area contributed by atoms with E-state index in [1.807, 2.05) is 6.92 Å². The summed E-state index contributed by atoms with van der Waals surface area (Å²) >= 11 is 0. The highest BCUT2D eigenvalue weighted by Gasteiger charge is 2.50. The quantitative estimate of drug-likeness (QED) is 0.560. The van der Waals surface area contributed by atoms with E-state index in [4.69, 9.17) is 0 Å². The number of imide groups is 1. The van der Waals surface area contributed by atoms with Crippen LogP contribution in [0, 0.1) is 0 Å². The fourth-order valence-corrected chi connectivity index (χ4v) is 5.93. The Morgan fingerprint density at radius 1 is 1.30 bits per heavy atom. The zero-order valence-corrected chi connectivity index (χ0v) is 19.4. The lowest BCUT2D eigenvalue weighted by Gasteiger charge is -2.34. The first-order chi connectivity index (χ1) is 15.4. The molecular formula is C21H27F2N3O6S. The fraction of sp³-hybridized carbons (Fsp3) is 0.571. The summed E-state index contributed by atoms with van der Waals surface area (Å²) in [6.45, 7) is 1.58. The standard InChI is InChI=1S/C21H27F2N3O6S/c1-4-13(2)26(15-9-10-33(30,31)12-15)17(27)11-25-18(28)21(3,24-20(25)29)14-5-7-16(8-6-14)32-19(22)23/h5-8,13,15,19H,4,9-12H2,1-3H3,(H,24,29)/t13-,15+,21-/m1/s1. The van der Waals surface area contributed by atoms with Crippen LogP contribution >= 0.6 is 0 Å². The van der Waals surface area contributed by atoms with Gasteiger partial charge in [-0.2, -0.15) is 8.78 Å². The molecule has 0 aliphatic carbocycles. The Bertz CT molecular complexity index is 1030. The molecule has 1 aromatic carbocycles. The number of halogens is 2. The topological polar surface area (TPSA) is 113 Å². The normalized spacial score (nSPS) is 25.3. The van der Waals surface area contributed by atoms with Gasteiger partial charge in [0.25, 0.3) is 5.91 Å². The van der Waals surface area contributed by atoms with Crippen LogP contribution in [0.4, 0.5) is 13.6 Å². The monoisotopic (exact) mass is 487 g/mol. The van der Waals surface area contributed by atoms with Gasteiger partial charge in [-0.05, 0) is 44.4 Å². The predicted molar refractivity (Wildman–Crippen MR) is 114 cm³/mol. The molecule has 0 spiro atoms. The lowest BCUT2D eigenvalue weighted by molar-refractivity contribution is -0.141. The van der Waals surface area contributed by atoms with Crippen LogP contribution in [0.2, 0.25) is 0 Å². The van der Waals surface area contributed by atoms with E-state index >= 15 is 0 Å². The molecular weight excluding hydrogens is 460 g/mol. The zero-order valence-electron chi connectivity index (χ0n) is 18.6. The third kappa shape index (κ3) is 5.10. The van der Waals surface area contributed by atoms with Crippen molar-refractivity contribution >= 4 is 27.7 Å². The van der Waals surface area contributed by atoms with Crippen LogP contribution in [-0.2, 0) is 25.0 Å². The van der Waals surface area contributed by atoms with Crippen LogP contribution in [0.25, 0.3) is 0 Å². The predicted octanol–water partition coefficient (Wildman–Crippen LogP) is 1.87. The Morgan fingerprint density at radius 2 is 1.94 bits per heavy atom. The Morgan fingerprint density at radius 3 is 2.45 bits per heavy atom. The second-order valence-corrected chi connectivity index (χ2v) is 10.7. The number of sulfone groups is 1. The number of alkyl halides is 2. The summed E-state index contributed by atoms with van der Waals surface area (Å²) in [4.78, 5) is 41.2. The SMILES string of the molecule is CC[C@@H](C)N(C(=O)CN1C(=O)N[C@](C)(c2ccc(OC(F)F)cc2)C1=O)[C@H]1CCS(=O)(=O)C1. The minimum atomic E-state index is -3.24. The van der Waals surface area contributed by atoms with Crippen molar-refractivity contribution in [3.8, 4) is 5.75 Å². The molecule has 2 heterocycles. The molecule has 4 amide bonds. The van der Waals surface area contributed by atoms with Gasteiger partial charge in [-0.3, -0.25) is 14.5 Å². The van der Waals surface area contributed by atoms with E-state index < -0.39 is 52.4 Å². The van der Waals surface area contributed by atoms with E-state index in [1.54, 1.807) is 6.92 Å². The number of urea groups is 1. The first-order valence-electron chi connectivity index (χ1n) is 10.6. The molecule has 0 radical (unpaired) electrons. The van der Waals surface area contributed by atoms with Crippen LogP contribution in [0.1, 0.15) is 39.2 Å². The Hall–Kier alpha value is -2.76. The third-order valence-electron chi connectivity index (χ3n) is 6.18. The van der Waals surface area contributed by atoms with E-state index in [-0.39, 0.29) is 23.3 Å². The molecule has 2 aliphatic heterocycles. The molecule has 0 saturated carbocycles. The molecule has 33 heavy (non-hydrogen) atoms. The van der Waals surface area contributed by atoms with Gasteiger partial charge in [0.2, 0.25) is 5.91 Å². The van der Waals surface area contributed by atoms with Gasteiger partial charge in [0.1, 0.15) is 17.8 Å². The number of ether oxygens (including phenoxy) is 1. The van der Waals surface area contributed by atoms with E-state index in [0.29, 0.717) is 18.4 Å². The van der Waals surface area contributed by atoms with Crippen LogP contribution in [0.15, 0.2) is 24.3 Å². The molecule has 0 bridgehead atoms. The van der Waals surface area contributed by atoms with Crippen LogP contribution in [-0.4, -0.2) is 72.8 Å². The van der Waals surface area contributed by atoms with E-state index in [2.05, 4.69) is 10.1 Å². The minimum Gasteiger partial charge on any atom is -0.435 e. The molecule has 2 fully saturated rings. The summed E-state index contributed by atoms with van der Waals surface area (Å²) in [6.07, 6.45) is 0.885. The fourth-order valence-electron chi connectivity index (χ4n) is 4.22. The number of nitrogens with zero attached hydrogens (tertiary/aromatic N) is 2. The average molecular weight is 488 g/mol. The number of benzene rings is 1. The van der Waals surface area contributed by atoms with Crippen molar-refractivity contribution in [3.05, 3.63) is 29.8 Å². The number of hydrogen-bond donors (Lipinski definition) is 1. The summed E-state index contributed by atoms with van der Waals surface area (Å²) in [6, 6.07) is 3.73. The third-order valence-corrected chi connectivity index (χ3v) is 7.93. The molecule has 0 aromatic heterocycles. The highest BCUT2D eigenvalue weighted by Crippen LogP contribution is 2.31. The van der Waals surface area contributed by atoms with Crippen LogP contribution in [0.3, 0.4) is 0 Å². The molecule has 3 rings (SSSR count). The van der Waals surface area contributed by atoms with Crippen molar-refractivity contribution in [2.75, 3.05) is 18.1 Å². The molecule has 0 unspecified atom stereocenters. The number of amides is 4. The summed E-state index contributed by atoms with van der Waals surface area (Å²) in [5.74, 6) is -1.44. The molecule has 3 atom stereocenters. The van der Waals surface area contributed by atoms with E-state index in [9.17, 15) is 31.6 Å². The number of carbonyl (C=O) groups is 3. The van der Waals surface area contributed by atoms with Gasteiger partial charge in [-0.25, -0.2) is 13.2 Å². The van der Waals surface area contributed by atoms with Crippen molar-refractivity contribution < 1.29 is 36.3 Å². The van der Waals surface area contributed by atoms with Gasteiger partial charge in [0.15, 0.2) is 9.84 Å². The molecule has 182 valence electrons. The number of nitrogens with one attached hydrogen (secondary N) is 1. The molecule has 2 aliphatic rings. The smallest absolute Gasteiger partial charge is 0.387 e. The molecule has 2 saturated heterocycles. The summed E-state index contributed by atoms with van der Waals surface area (Å²) < 4.78 is 52.9. The first kappa shape index (κ1) is 24.9. The molecule has 1 aromatic rings. The Kier molecular flexibility index (Phi) is 6.96. The lowest BCUT2D eigenvalue weighted by atomic mass is 9.92. The Balaban J connectivity index is 1.78. The maximum atomic E-state index is 13.2. The maximum Gasteiger partial charge on any atom is 0.387 e. The summed E-state index contributed by atoms with van der Waals surface area (Å²) in [7, 11) is -3.24. The summed E-state index contributed by atoms with van der Waals surface area (Å²) in [5, 5.41) is 2.56. The van der Waals surface area contributed by atoms with Crippen molar-refractivity contribution in [2.45, 2.75) is 57.8 Å². The van der Waals surface area contributed by atoms with Crippen molar-refractivity contribution in [1.29, 1.82) is 0 Å². The highest BCUT2D eigenvalue weighted by atomic mass is 32.2. The largest absolute Gasteiger partial charge is 0.435 e. The minimum absolute atomic E-state index is 0.00957. The van der Waals surface area contributed by atoms with E-state index in [1.165, 1.54) is 36.1 Å². The second kappa shape index (κ2) is 9.24. The summed E-state index contributed by atoms with van der Waals surface area (Å²) in [5.41, 5.74) is -1.17. The number of hydrogen-bond acceptors (Lipinski definition) is 6. The number of carbonyl (C=O) groups excluding carboxylic acids is 3. The van der Waals surface area contributed by atoms with E-state index in [0.717, 1.165) is 4.90 Å². The van der Waals surface area contributed by atoms with Crippen molar-refractivity contribution in [1.82, 2.24) is 15.1 Å². The van der Waals surface area contributed by atoms with Gasteiger partial charge in [-0.15, -0.1) is 0 Å². The lowest BCUT2D eigenvalue weighted by Crippen LogP contribution is -2.51. The van der Waals surface area contributed by atoms with Crippen molar-refractivity contribution in [3.63, 3.8) is 0 Å². The van der Waals surface area contributed by atoms with Crippen LogP contribution in [0.5, 0.6) is 5.75 Å². The van der Waals surface area contributed by atoms with Gasteiger partial charge in [-0.1, -0.05) is 19.1 Å². The maximum absolute atomic E-state index is 13.2. The second-order valence-electron chi connectivity index (χ2n) is 8.46. The van der Waals surface area contributed by atoms with Gasteiger partial charge < -0.3 is 15.0 Å². The number of rotatable bonds is 8. The first-order valence-corrected chi connectivity index (χ1v) is 12.4. The molecule has 12 heteroatoms. The Labute approximate surface area is 191 Å². The zero-order chi connectivity index (χ0) is 24.6. The van der Waals surface area contributed by atoms with Crippen molar-refractivity contribution in [2.24, 2.45) is 0 Å². The van der Waals surface area contributed by atoms with Gasteiger partial charge in [0, 0.05) is 12.1 Å². The van der Waals surface area contributed by atoms with Crippen LogP contribution < -0.4 is 10.1 Å². The average Bonchev–Trinajstić information content (AvgIpc) is 3.19. The molecule has 1 N–H and O–H groups in total. The molecule has 9 nitrogen and oxygen atoms in total. The van der Waals surface area contributed by atoms with Gasteiger partial charge >= 0.3 is 12.6 Å². The van der Waals surface area contributed by atoms with Gasteiger partial charge in [0.05, 0.1) is 11.5 Å². The highest BCUT2D eigenvalue weighted by molar-refractivity contribution is 7.91.